The summed E-state index contributed by atoms with van der Waals surface area (Å²) < 4.78 is 13.0. The first-order valence-corrected chi connectivity index (χ1v) is 9.35. The minimum absolute atomic E-state index is 0.0475. The molecule has 0 spiro atoms. The number of hydrogen-bond donors (Lipinski definition) is 1. The van der Waals surface area contributed by atoms with Gasteiger partial charge in [-0.2, -0.15) is 0 Å². The van der Waals surface area contributed by atoms with E-state index >= 15 is 0 Å². The van der Waals surface area contributed by atoms with Crippen LogP contribution in [0.1, 0.15) is 23.8 Å². The molecule has 1 aliphatic carbocycles. The largest absolute Gasteiger partial charge is 0.369 e. The van der Waals surface area contributed by atoms with Gasteiger partial charge in [-0.05, 0) is 37.1 Å². The summed E-state index contributed by atoms with van der Waals surface area (Å²) in [6.07, 6.45) is 2.36. The Hall–Kier alpha value is -2.06. The molecular weight excluding hydrogens is 341 g/mol. The average molecular weight is 361 g/mol. The van der Waals surface area contributed by atoms with Gasteiger partial charge in [-0.3, -0.25) is 15.0 Å². The van der Waals surface area contributed by atoms with Crippen LogP contribution in [0.4, 0.5) is 15.2 Å². The molecule has 1 saturated carbocycles. The van der Waals surface area contributed by atoms with Crippen molar-refractivity contribution in [2.24, 2.45) is 0 Å². The van der Waals surface area contributed by atoms with E-state index in [2.05, 4.69) is 25.3 Å². The van der Waals surface area contributed by atoms with Crippen LogP contribution in [-0.2, 0) is 4.79 Å². The first-order valence-electron chi connectivity index (χ1n) is 8.53. The number of hydrogen-bond acceptors (Lipinski definition) is 6. The average Bonchev–Trinajstić information content (AvgIpc) is 3.36. The van der Waals surface area contributed by atoms with E-state index in [1.54, 1.807) is 12.1 Å². The van der Waals surface area contributed by atoms with E-state index in [1.165, 1.54) is 36.3 Å². The Morgan fingerprint density at radius 1 is 1.16 bits per heavy atom. The number of halogens is 1. The third-order valence-corrected chi connectivity index (χ3v) is 5.55. The first kappa shape index (κ1) is 16.4. The van der Waals surface area contributed by atoms with Crippen molar-refractivity contribution in [3.05, 3.63) is 35.1 Å². The van der Waals surface area contributed by atoms with Crippen LogP contribution in [0, 0.1) is 5.82 Å². The topological polar surface area (TPSA) is 61.4 Å². The van der Waals surface area contributed by atoms with Gasteiger partial charge in [0.1, 0.15) is 10.8 Å². The van der Waals surface area contributed by atoms with Crippen molar-refractivity contribution >= 4 is 28.1 Å². The lowest BCUT2D eigenvalue weighted by Gasteiger charge is -2.35. The second-order valence-corrected chi connectivity index (χ2v) is 7.52. The molecular formula is C17H20FN5OS. The van der Waals surface area contributed by atoms with Gasteiger partial charge < -0.3 is 4.90 Å². The molecule has 1 N–H and O–H groups in total. The van der Waals surface area contributed by atoms with Crippen molar-refractivity contribution in [1.29, 1.82) is 0 Å². The van der Waals surface area contributed by atoms with Crippen LogP contribution in [0.15, 0.2) is 24.3 Å². The van der Waals surface area contributed by atoms with Crippen LogP contribution in [0.5, 0.6) is 0 Å². The summed E-state index contributed by atoms with van der Waals surface area (Å²) in [6, 6.07) is 6.55. The number of nitrogens with one attached hydrogen (secondary N) is 1. The highest BCUT2D eigenvalue weighted by atomic mass is 32.1. The number of anilines is 2. The molecule has 2 aliphatic rings. The standard InChI is InChI=1S/C17H20FN5OS/c18-13-3-5-14(6-4-13)23-9-7-22(8-10-23)11-15(24)19-17-21-20-16(25-17)12-1-2-12/h3-6,12H,1-2,7-11H2,(H,19,21,24). The fraction of sp³-hybridized carbons (Fsp3) is 0.471. The molecule has 1 aromatic carbocycles. The van der Waals surface area contributed by atoms with Crippen molar-refractivity contribution in [1.82, 2.24) is 15.1 Å². The van der Waals surface area contributed by atoms with Crippen LogP contribution >= 0.6 is 11.3 Å². The summed E-state index contributed by atoms with van der Waals surface area (Å²) in [6.45, 7) is 3.60. The lowest BCUT2D eigenvalue weighted by Crippen LogP contribution is -2.48. The second-order valence-electron chi connectivity index (χ2n) is 6.51. The van der Waals surface area contributed by atoms with Gasteiger partial charge in [-0.15, -0.1) is 10.2 Å². The number of rotatable bonds is 5. The highest BCUT2D eigenvalue weighted by Gasteiger charge is 2.28. The van der Waals surface area contributed by atoms with E-state index in [-0.39, 0.29) is 11.7 Å². The van der Waals surface area contributed by atoms with Gasteiger partial charge in [0, 0.05) is 37.8 Å². The van der Waals surface area contributed by atoms with E-state index in [0.717, 1.165) is 36.9 Å². The van der Waals surface area contributed by atoms with E-state index in [9.17, 15) is 9.18 Å². The zero-order chi connectivity index (χ0) is 17.2. The molecule has 2 heterocycles. The highest BCUT2D eigenvalue weighted by Crippen LogP contribution is 2.42. The lowest BCUT2D eigenvalue weighted by atomic mass is 10.2. The van der Waals surface area contributed by atoms with Gasteiger partial charge in [0.05, 0.1) is 6.54 Å². The van der Waals surface area contributed by atoms with Crippen LogP contribution in [-0.4, -0.2) is 53.7 Å². The molecule has 25 heavy (non-hydrogen) atoms. The van der Waals surface area contributed by atoms with Crippen molar-refractivity contribution < 1.29 is 9.18 Å². The molecule has 6 nitrogen and oxygen atoms in total. The zero-order valence-corrected chi connectivity index (χ0v) is 14.6. The van der Waals surface area contributed by atoms with Crippen LogP contribution in [0.2, 0.25) is 0 Å². The van der Waals surface area contributed by atoms with E-state index in [1.807, 2.05) is 0 Å². The Balaban J connectivity index is 1.24. The number of benzene rings is 1. The number of nitrogens with zero attached hydrogens (tertiary/aromatic N) is 4. The normalized spacial score (nSPS) is 18.4. The summed E-state index contributed by atoms with van der Waals surface area (Å²) in [4.78, 5) is 16.5. The number of piperazine rings is 1. The van der Waals surface area contributed by atoms with Crippen molar-refractivity contribution in [3.63, 3.8) is 0 Å². The number of aromatic nitrogens is 2. The third kappa shape index (κ3) is 4.13. The molecule has 4 rings (SSSR count). The molecule has 0 unspecified atom stereocenters. The Kier molecular flexibility index (Phi) is 4.63. The van der Waals surface area contributed by atoms with Crippen molar-refractivity contribution in [2.45, 2.75) is 18.8 Å². The second kappa shape index (κ2) is 7.05. The number of amides is 1. The molecule has 0 radical (unpaired) electrons. The summed E-state index contributed by atoms with van der Waals surface area (Å²) in [5.74, 6) is 0.289. The monoisotopic (exact) mass is 361 g/mol. The predicted molar refractivity (Wildman–Crippen MR) is 95.6 cm³/mol. The van der Waals surface area contributed by atoms with Gasteiger partial charge in [0.2, 0.25) is 11.0 Å². The summed E-state index contributed by atoms with van der Waals surface area (Å²) in [7, 11) is 0. The smallest absolute Gasteiger partial charge is 0.240 e. The first-order chi connectivity index (χ1) is 12.2. The summed E-state index contributed by atoms with van der Waals surface area (Å²) in [5, 5.41) is 12.7. The van der Waals surface area contributed by atoms with Gasteiger partial charge in [0.25, 0.3) is 0 Å². The fourth-order valence-electron chi connectivity index (χ4n) is 2.96. The minimum Gasteiger partial charge on any atom is -0.369 e. The van der Waals surface area contributed by atoms with Crippen molar-refractivity contribution in [3.8, 4) is 0 Å². The molecule has 1 saturated heterocycles. The Morgan fingerprint density at radius 3 is 2.56 bits per heavy atom. The Bertz CT molecular complexity index is 738. The van der Waals surface area contributed by atoms with Crippen LogP contribution < -0.4 is 10.2 Å². The Morgan fingerprint density at radius 2 is 1.88 bits per heavy atom. The lowest BCUT2D eigenvalue weighted by molar-refractivity contribution is -0.117. The molecule has 1 amide bonds. The third-order valence-electron chi connectivity index (χ3n) is 4.54. The van der Waals surface area contributed by atoms with E-state index in [4.69, 9.17) is 0 Å². The van der Waals surface area contributed by atoms with E-state index in [0.29, 0.717) is 17.6 Å². The van der Waals surface area contributed by atoms with Gasteiger partial charge >= 0.3 is 0 Å². The Labute approximate surface area is 149 Å². The quantitative estimate of drug-likeness (QED) is 0.886. The molecule has 8 heteroatoms. The van der Waals surface area contributed by atoms with Crippen molar-refractivity contribution in [2.75, 3.05) is 42.9 Å². The molecule has 1 aliphatic heterocycles. The highest BCUT2D eigenvalue weighted by molar-refractivity contribution is 7.15. The van der Waals surface area contributed by atoms with Gasteiger partial charge in [-0.1, -0.05) is 11.3 Å². The molecule has 0 atom stereocenters. The molecule has 132 valence electrons. The number of carbonyl (C=O) groups excluding carboxylic acids is 1. The number of carbonyl (C=O) groups is 1. The SMILES string of the molecule is O=C(CN1CCN(c2ccc(F)cc2)CC1)Nc1nnc(C2CC2)s1. The minimum atomic E-state index is -0.222. The van der Waals surface area contributed by atoms with Gasteiger partial charge in [-0.25, -0.2) is 4.39 Å². The molecule has 2 fully saturated rings. The summed E-state index contributed by atoms with van der Waals surface area (Å²) in [5.41, 5.74) is 1.02. The maximum Gasteiger partial charge on any atom is 0.240 e. The molecule has 0 bridgehead atoms. The fourth-order valence-corrected chi connectivity index (χ4v) is 3.89. The van der Waals surface area contributed by atoms with E-state index < -0.39 is 0 Å². The maximum absolute atomic E-state index is 13.0. The molecule has 2 aromatic rings. The molecule has 1 aromatic heterocycles. The van der Waals surface area contributed by atoms with Gasteiger partial charge in [0.15, 0.2) is 0 Å². The summed E-state index contributed by atoms with van der Waals surface area (Å²) >= 11 is 1.48. The predicted octanol–water partition coefficient (Wildman–Crippen LogP) is 2.32. The maximum atomic E-state index is 13.0. The zero-order valence-electron chi connectivity index (χ0n) is 13.8. The van der Waals surface area contributed by atoms with Crippen LogP contribution in [0.3, 0.4) is 0 Å². The van der Waals surface area contributed by atoms with Crippen LogP contribution in [0.25, 0.3) is 0 Å².